The minimum Gasteiger partial charge on any atom is -0.262 e. The van der Waals surface area contributed by atoms with Crippen molar-refractivity contribution >= 4 is 15.9 Å². The van der Waals surface area contributed by atoms with E-state index in [1.807, 2.05) is 0 Å². The van der Waals surface area contributed by atoms with Gasteiger partial charge in [-0.25, -0.2) is 9.37 Å². The number of H-pyrrole nitrogens is 1. The second-order valence-corrected chi connectivity index (χ2v) is 5.83. The van der Waals surface area contributed by atoms with E-state index >= 15 is 0 Å². The third-order valence-electron chi connectivity index (χ3n) is 3.68. The molecule has 3 nitrogen and oxygen atoms in total. The number of aromatic nitrogens is 3. The lowest BCUT2D eigenvalue weighted by atomic mass is 9.89. The topological polar surface area (TPSA) is 41.6 Å². The molecule has 5 heteroatoms. The third kappa shape index (κ3) is 2.56. The molecule has 1 aliphatic carbocycles. The number of nitrogens with one attached hydrogen (secondary N) is 1. The molecule has 3 rings (SSSR count). The van der Waals surface area contributed by atoms with Crippen molar-refractivity contribution in [1.82, 2.24) is 15.2 Å². The summed E-state index contributed by atoms with van der Waals surface area (Å²) in [4.78, 5) is 4.49. The second-order valence-electron chi connectivity index (χ2n) is 4.98. The Bertz CT molecular complexity index is 556. The van der Waals surface area contributed by atoms with Gasteiger partial charge in [-0.05, 0) is 40.9 Å². The first-order valence-corrected chi connectivity index (χ1v) is 7.41. The van der Waals surface area contributed by atoms with Gasteiger partial charge >= 0.3 is 0 Å². The van der Waals surface area contributed by atoms with Gasteiger partial charge in [0.1, 0.15) is 11.6 Å². The normalized spacial score (nSPS) is 16.7. The van der Waals surface area contributed by atoms with E-state index in [1.165, 1.54) is 25.3 Å². The Morgan fingerprint density at radius 2 is 2.00 bits per heavy atom. The SMILES string of the molecule is Fc1cccc(Br)c1-c1n[nH]c(C2CCCCC2)n1. The van der Waals surface area contributed by atoms with E-state index in [0.717, 1.165) is 18.7 Å². The standard InChI is InChI=1S/C14H15BrFN3/c15-10-7-4-8-11(16)12(10)14-17-13(18-19-14)9-5-2-1-3-6-9/h4,7-9H,1-3,5-6H2,(H,17,18,19). The molecule has 1 fully saturated rings. The van der Waals surface area contributed by atoms with Crippen LogP contribution >= 0.6 is 15.9 Å². The van der Waals surface area contributed by atoms with E-state index in [-0.39, 0.29) is 5.82 Å². The molecule has 1 aromatic heterocycles. The molecule has 0 atom stereocenters. The van der Waals surface area contributed by atoms with Crippen molar-refractivity contribution < 1.29 is 4.39 Å². The molecule has 0 radical (unpaired) electrons. The molecule has 1 heterocycles. The van der Waals surface area contributed by atoms with Crippen LogP contribution in [0.2, 0.25) is 0 Å². The molecule has 100 valence electrons. The number of hydrogen-bond donors (Lipinski definition) is 1. The zero-order valence-electron chi connectivity index (χ0n) is 10.5. The van der Waals surface area contributed by atoms with Crippen LogP contribution in [0.4, 0.5) is 4.39 Å². The number of nitrogens with zero attached hydrogens (tertiary/aromatic N) is 2. The summed E-state index contributed by atoms with van der Waals surface area (Å²) < 4.78 is 14.5. The first kappa shape index (κ1) is 12.8. The lowest BCUT2D eigenvalue weighted by molar-refractivity contribution is 0.429. The van der Waals surface area contributed by atoms with Gasteiger partial charge in [-0.3, -0.25) is 5.10 Å². The molecule has 19 heavy (non-hydrogen) atoms. The molecule has 0 bridgehead atoms. The van der Waals surface area contributed by atoms with E-state index < -0.39 is 0 Å². The minimum absolute atomic E-state index is 0.302. The van der Waals surface area contributed by atoms with E-state index in [9.17, 15) is 4.39 Å². The van der Waals surface area contributed by atoms with Gasteiger partial charge in [-0.1, -0.05) is 25.3 Å². The summed E-state index contributed by atoms with van der Waals surface area (Å²) in [5.74, 6) is 1.47. The summed E-state index contributed by atoms with van der Waals surface area (Å²) in [6, 6.07) is 4.89. The van der Waals surface area contributed by atoms with Gasteiger partial charge in [0.05, 0.1) is 5.56 Å². The maximum Gasteiger partial charge on any atom is 0.185 e. The summed E-state index contributed by atoms with van der Waals surface area (Å²) in [6.45, 7) is 0. The van der Waals surface area contributed by atoms with Crippen LogP contribution in [0.25, 0.3) is 11.4 Å². The number of halogens is 2. The summed E-state index contributed by atoms with van der Waals surface area (Å²) in [6.07, 6.45) is 6.07. The van der Waals surface area contributed by atoms with E-state index in [2.05, 4.69) is 31.1 Å². The van der Waals surface area contributed by atoms with E-state index in [0.29, 0.717) is 21.8 Å². The lowest BCUT2D eigenvalue weighted by Crippen LogP contribution is -2.06. The molecular formula is C14H15BrFN3. The molecule has 1 aromatic carbocycles. The molecule has 0 saturated heterocycles. The highest BCUT2D eigenvalue weighted by molar-refractivity contribution is 9.10. The van der Waals surface area contributed by atoms with Crippen LogP contribution in [0.5, 0.6) is 0 Å². The summed E-state index contributed by atoms with van der Waals surface area (Å²) in [7, 11) is 0. The van der Waals surface area contributed by atoms with Crippen LogP contribution in [-0.2, 0) is 0 Å². The number of benzene rings is 1. The van der Waals surface area contributed by atoms with Crippen molar-refractivity contribution in [2.75, 3.05) is 0 Å². The van der Waals surface area contributed by atoms with Crippen LogP contribution in [0.1, 0.15) is 43.8 Å². The Morgan fingerprint density at radius 3 is 2.74 bits per heavy atom. The number of hydrogen-bond acceptors (Lipinski definition) is 2. The molecule has 1 saturated carbocycles. The fraction of sp³-hybridized carbons (Fsp3) is 0.429. The van der Waals surface area contributed by atoms with Gasteiger partial charge < -0.3 is 0 Å². The third-order valence-corrected chi connectivity index (χ3v) is 4.34. The fourth-order valence-electron chi connectivity index (χ4n) is 2.66. The predicted molar refractivity (Wildman–Crippen MR) is 75.3 cm³/mol. The van der Waals surface area contributed by atoms with Gasteiger partial charge in [-0.2, -0.15) is 5.10 Å². The van der Waals surface area contributed by atoms with Gasteiger partial charge in [0.15, 0.2) is 5.82 Å². The van der Waals surface area contributed by atoms with E-state index in [4.69, 9.17) is 0 Å². The average Bonchev–Trinajstić information content (AvgIpc) is 2.89. The Hall–Kier alpha value is -1.23. The highest BCUT2D eigenvalue weighted by Gasteiger charge is 2.21. The van der Waals surface area contributed by atoms with Gasteiger partial charge in [0.25, 0.3) is 0 Å². The van der Waals surface area contributed by atoms with Crippen molar-refractivity contribution in [1.29, 1.82) is 0 Å². The van der Waals surface area contributed by atoms with Crippen LogP contribution in [0.3, 0.4) is 0 Å². The Labute approximate surface area is 119 Å². The van der Waals surface area contributed by atoms with Crippen molar-refractivity contribution in [3.63, 3.8) is 0 Å². The Morgan fingerprint density at radius 1 is 1.21 bits per heavy atom. The molecular weight excluding hydrogens is 309 g/mol. The second kappa shape index (κ2) is 5.41. The Kier molecular flexibility index (Phi) is 3.64. The van der Waals surface area contributed by atoms with Gasteiger partial charge in [0, 0.05) is 10.4 Å². The smallest absolute Gasteiger partial charge is 0.185 e. The van der Waals surface area contributed by atoms with Crippen molar-refractivity contribution in [3.8, 4) is 11.4 Å². The molecule has 1 aliphatic rings. The predicted octanol–water partition coefficient (Wildman–Crippen LogP) is 4.42. The minimum atomic E-state index is -0.302. The van der Waals surface area contributed by atoms with E-state index in [1.54, 1.807) is 12.1 Å². The van der Waals surface area contributed by atoms with Crippen LogP contribution in [-0.4, -0.2) is 15.2 Å². The first-order valence-electron chi connectivity index (χ1n) is 6.62. The molecule has 0 unspecified atom stereocenters. The van der Waals surface area contributed by atoms with Gasteiger partial charge in [-0.15, -0.1) is 0 Å². The molecule has 1 N–H and O–H groups in total. The van der Waals surface area contributed by atoms with Crippen molar-refractivity contribution in [3.05, 3.63) is 34.3 Å². The highest BCUT2D eigenvalue weighted by Crippen LogP contribution is 2.33. The average molecular weight is 324 g/mol. The number of rotatable bonds is 2. The largest absolute Gasteiger partial charge is 0.262 e. The summed E-state index contributed by atoms with van der Waals surface area (Å²) >= 11 is 3.36. The van der Waals surface area contributed by atoms with Crippen LogP contribution in [0.15, 0.2) is 22.7 Å². The van der Waals surface area contributed by atoms with Crippen LogP contribution < -0.4 is 0 Å². The Balaban J connectivity index is 1.92. The monoisotopic (exact) mass is 323 g/mol. The fourth-order valence-corrected chi connectivity index (χ4v) is 3.18. The number of aromatic amines is 1. The molecule has 2 aromatic rings. The summed E-state index contributed by atoms with van der Waals surface area (Å²) in [5.41, 5.74) is 0.431. The molecule has 0 amide bonds. The first-order chi connectivity index (χ1) is 9.25. The summed E-state index contributed by atoms with van der Waals surface area (Å²) in [5, 5.41) is 7.16. The quantitative estimate of drug-likeness (QED) is 0.888. The lowest BCUT2D eigenvalue weighted by Gasteiger charge is -2.18. The zero-order chi connectivity index (χ0) is 13.2. The molecule has 0 spiro atoms. The van der Waals surface area contributed by atoms with Gasteiger partial charge in [0.2, 0.25) is 0 Å². The maximum absolute atomic E-state index is 13.9. The molecule has 0 aliphatic heterocycles. The highest BCUT2D eigenvalue weighted by atomic mass is 79.9. The zero-order valence-corrected chi connectivity index (χ0v) is 12.1. The van der Waals surface area contributed by atoms with Crippen LogP contribution in [0, 0.1) is 5.82 Å². The van der Waals surface area contributed by atoms with Crippen molar-refractivity contribution in [2.45, 2.75) is 38.0 Å². The maximum atomic E-state index is 13.9. The van der Waals surface area contributed by atoms with Crippen molar-refractivity contribution in [2.24, 2.45) is 0 Å².